The second-order valence-corrected chi connectivity index (χ2v) is 6.45. The summed E-state index contributed by atoms with van der Waals surface area (Å²) in [4.78, 5) is 29.2. The van der Waals surface area contributed by atoms with Crippen molar-refractivity contribution in [2.24, 2.45) is 0 Å². The number of carbonyl (C=O) groups is 1. The summed E-state index contributed by atoms with van der Waals surface area (Å²) in [7, 11) is 0. The molecule has 1 atom stereocenters. The highest BCUT2D eigenvalue weighted by molar-refractivity contribution is 5.95. The van der Waals surface area contributed by atoms with Gasteiger partial charge >= 0.3 is 6.18 Å². The van der Waals surface area contributed by atoms with Gasteiger partial charge in [0.1, 0.15) is 18.3 Å². The highest BCUT2D eigenvalue weighted by atomic mass is 19.4. The van der Waals surface area contributed by atoms with Crippen LogP contribution in [0.1, 0.15) is 15.9 Å². The molecule has 0 fully saturated rings. The number of hydrogen-bond donors (Lipinski definition) is 2. The van der Waals surface area contributed by atoms with Crippen molar-refractivity contribution in [2.75, 3.05) is 6.61 Å². The van der Waals surface area contributed by atoms with E-state index in [0.29, 0.717) is 11.1 Å². The summed E-state index contributed by atoms with van der Waals surface area (Å²) in [6, 6.07) is 7.44. The number of nitrogens with one attached hydrogen (secondary N) is 1. The van der Waals surface area contributed by atoms with E-state index in [1.165, 1.54) is 48.8 Å². The van der Waals surface area contributed by atoms with Crippen LogP contribution in [-0.2, 0) is 6.67 Å². The molecule has 1 amide bonds. The topological polar surface area (TPSA) is 97.1 Å². The van der Waals surface area contributed by atoms with Crippen LogP contribution in [0.15, 0.2) is 59.7 Å². The molecular formula is C20H16F4N4O3. The molecular weight excluding hydrogens is 420 g/mol. The van der Waals surface area contributed by atoms with Gasteiger partial charge in [0.15, 0.2) is 0 Å². The largest absolute Gasteiger partial charge is 0.410 e. The predicted octanol–water partition coefficient (Wildman–Crippen LogP) is 2.42. The maximum Gasteiger partial charge on any atom is 0.410 e. The molecule has 2 N–H and O–H groups in total. The molecule has 1 unspecified atom stereocenters. The summed E-state index contributed by atoms with van der Waals surface area (Å²) in [6.45, 7) is -2.09. The predicted molar refractivity (Wildman–Crippen MR) is 102 cm³/mol. The molecule has 0 saturated carbocycles. The summed E-state index contributed by atoms with van der Waals surface area (Å²) in [5.74, 6) is -1.33. The number of halogens is 4. The lowest BCUT2D eigenvalue weighted by atomic mass is 10.1. The summed E-state index contributed by atoms with van der Waals surface area (Å²) < 4.78 is 52.5. The first-order valence-electron chi connectivity index (χ1n) is 8.93. The Kier molecular flexibility index (Phi) is 6.44. The third-order valence-corrected chi connectivity index (χ3v) is 4.33. The molecule has 0 bridgehead atoms. The second kappa shape index (κ2) is 9.04. The molecule has 0 radical (unpaired) electrons. The molecule has 11 heteroatoms. The van der Waals surface area contributed by atoms with E-state index in [4.69, 9.17) is 5.11 Å². The average Bonchev–Trinajstić information content (AvgIpc) is 2.77. The van der Waals surface area contributed by atoms with E-state index in [0.717, 1.165) is 10.7 Å². The number of aliphatic hydroxyl groups is 1. The van der Waals surface area contributed by atoms with Crippen LogP contribution in [-0.4, -0.2) is 44.6 Å². The zero-order valence-corrected chi connectivity index (χ0v) is 15.8. The molecule has 0 spiro atoms. The first-order valence-corrected chi connectivity index (χ1v) is 8.93. The van der Waals surface area contributed by atoms with Gasteiger partial charge in [-0.15, -0.1) is 0 Å². The quantitative estimate of drug-likeness (QED) is 0.579. The van der Waals surface area contributed by atoms with Crippen LogP contribution in [0.25, 0.3) is 16.9 Å². The van der Waals surface area contributed by atoms with Crippen molar-refractivity contribution in [2.45, 2.75) is 18.9 Å². The molecule has 0 aliphatic carbocycles. The molecule has 7 nitrogen and oxygen atoms in total. The lowest BCUT2D eigenvalue weighted by Gasteiger charge is -2.19. The van der Waals surface area contributed by atoms with Crippen molar-refractivity contribution in [3.8, 4) is 16.9 Å². The van der Waals surface area contributed by atoms with E-state index in [9.17, 15) is 27.2 Å². The zero-order chi connectivity index (χ0) is 22.6. The minimum absolute atomic E-state index is 0.0894. The van der Waals surface area contributed by atoms with E-state index >= 15 is 0 Å². The SMILES string of the molecule is O=C(NC(CO)C(F)(F)F)c1cc(-c2ccc(CF)cc2)nn(-c2cccnc2)c1=O. The van der Waals surface area contributed by atoms with Gasteiger partial charge in [-0.05, 0) is 23.8 Å². The van der Waals surface area contributed by atoms with Gasteiger partial charge in [0.25, 0.3) is 11.5 Å². The minimum Gasteiger partial charge on any atom is -0.394 e. The third-order valence-electron chi connectivity index (χ3n) is 4.33. The number of hydrogen-bond acceptors (Lipinski definition) is 5. The Morgan fingerprint density at radius 3 is 2.45 bits per heavy atom. The molecule has 0 aliphatic heterocycles. The van der Waals surface area contributed by atoms with Crippen molar-refractivity contribution in [1.82, 2.24) is 20.1 Å². The van der Waals surface area contributed by atoms with Crippen molar-refractivity contribution in [1.29, 1.82) is 0 Å². The smallest absolute Gasteiger partial charge is 0.394 e. The first kappa shape index (κ1) is 22.1. The van der Waals surface area contributed by atoms with Gasteiger partial charge in [-0.25, -0.2) is 4.39 Å². The number of nitrogens with zero attached hydrogens (tertiary/aromatic N) is 3. The van der Waals surface area contributed by atoms with E-state index in [1.54, 1.807) is 5.32 Å². The summed E-state index contributed by atoms with van der Waals surface area (Å²) >= 11 is 0. The number of alkyl halides is 4. The standard InChI is InChI=1S/C20H16F4N4O3/c21-9-12-3-5-13(6-4-12)16-8-15(18(30)26-17(11-29)20(22,23)24)19(31)28(27-16)14-2-1-7-25-10-14/h1-8,10,17,29H,9,11H2,(H,26,30). The molecule has 0 aliphatic rings. The van der Waals surface area contributed by atoms with Crippen molar-refractivity contribution in [3.63, 3.8) is 0 Å². The van der Waals surface area contributed by atoms with E-state index in [1.807, 2.05) is 0 Å². The van der Waals surface area contributed by atoms with Crippen LogP contribution in [0.5, 0.6) is 0 Å². The summed E-state index contributed by atoms with van der Waals surface area (Å²) in [6.07, 6.45) is -2.18. The average molecular weight is 436 g/mol. The Labute approximate surface area is 173 Å². The van der Waals surface area contributed by atoms with Crippen molar-refractivity contribution < 1.29 is 27.5 Å². The molecule has 31 heavy (non-hydrogen) atoms. The first-order chi connectivity index (χ1) is 14.7. The molecule has 2 heterocycles. The van der Waals surface area contributed by atoms with Gasteiger partial charge < -0.3 is 10.4 Å². The Morgan fingerprint density at radius 2 is 1.90 bits per heavy atom. The van der Waals surface area contributed by atoms with Gasteiger partial charge in [0.05, 0.1) is 24.2 Å². The van der Waals surface area contributed by atoms with Gasteiger partial charge in [-0.3, -0.25) is 14.6 Å². The number of pyridine rings is 1. The van der Waals surface area contributed by atoms with Gasteiger partial charge in [0.2, 0.25) is 0 Å². The molecule has 3 rings (SSSR count). The molecule has 3 aromatic rings. The van der Waals surface area contributed by atoms with Crippen molar-refractivity contribution >= 4 is 5.91 Å². The normalized spacial score (nSPS) is 12.4. The van der Waals surface area contributed by atoms with Crippen LogP contribution in [0.4, 0.5) is 17.6 Å². The number of amides is 1. The summed E-state index contributed by atoms with van der Waals surface area (Å²) in [5, 5.41) is 14.8. The maximum absolute atomic E-state index is 12.9. The van der Waals surface area contributed by atoms with Crippen molar-refractivity contribution in [3.05, 3.63) is 76.3 Å². The van der Waals surface area contributed by atoms with E-state index in [-0.39, 0.29) is 11.4 Å². The Balaban J connectivity index is 2.13. The molecule has 1 aromatic carbocycles. The minimum atomic E-state index is -4.91. The number of aliphatic hydroxyl groups excluding tert-OH is 1. The fraction of sp³-hybridized carbons (Fsp3) is 0.200. The highest BCUT2D eigenvalue weighted by Gasteiger charge is 2.40. The lowest BCUT2D eigenvalue weighted by Crippen LogP contribution is -2.49. The van der Waals surface area contributed by atoms with Crippen LogP contribution >= 0.6 is 0 Å². The summed E-state index contributed by atoms with van der Waals surface area (Å²) in [5.41, 5.74) is -0.541. The van der Waals surface area contributed by atoms with Crippen LogP contribution < -0.4 is 10.9 Å². The second-order valence-electron chi connectivity index (χ2n) is 6.45. The third kappa shape index (κ3) is 4.94. The number of rotatable bonds is 6. The number of carbonyl (C=O) groups excluding carboxylic acids is 1. The highest BCUT2D eigenvalue weighted by Crippen LogP contribution is 2.21. The van der Waals surface area contributed by atoms with Gasteiger partial charge in [-0.1, -0.05) is 24.3 Å². The maximum atomic E-state index is 12.9. The fourth-order valence-electron chi connectivity index (χ4n) is 2.68. The van der Waals surface area contributed by atoms with E-state index in [2.05, 4.69) is 10.1 Å². The van der Waals surface area contributed by atoms with Crippen LogP contribution in [0.3, 0.4) is 0 Å². The van der Waals surface area contributed by atoms with E-state index < -0.39 is 42.5 Å². The van der Waals surface area contributed by atoms with Gasteiger partial charge in [0, 0.05) is 11.8 Å². The van der Waals surface area contributed by atoms with Gasteiger partial charge in [-0.2, -0.15) is 23.0 Å². The fourth-order valence-corrected chi connectivity index (χ4v) is 2.68. The van der Waals surface area contributed by atoms with Crippen LogP contribution in [0.2, 0.25) is 0 Å². The van der Waals surface area contributed by atoms with Crippen LogP contribution in [0, 0.1) is 0 Å². The Hall–Kier alpha value is -3.60. The molecule has 162 valence electrons. The molecule has 2 aromatic heterocycles. The lowest BCUT2D eigenvalue weighted by molar-refractivity contribution is -0.161. The Morgan fingerprint density at radius 1 is 1.19 bits per heavy atom. The number of aromatic nitrogens is 3. The zero-order valence-electron chi connectivity index (χ0n) is 15.8. The monoisotopic (exact) mass is 436 g/mol. The number of benzene rings is 1. The Bertz CT molecular complexity index is 1120. The molecule has 0 saturated heterocycles.